The summed E-state index contributed by atoms with van der Waals surface area (Å²) in [4.78, 5) is 3.84. The van der Waals surface area contributed by atoms with Gasteiger partial charge >= 0.3 is 0 Å². The lowest BCUT2D eigenvalue weighted by Crippen LogP contribution is -2.08. The molecule has 0 radical (unpaired) electrons. The average molecular weight is 125 g/mol. The van der Waals surface area contributed by atoms with Crippen LogP contribution in [0.4, 0.5) is 0 Å². The van der Waals surface area contributed by atoms with Gasteiger partial charge in [0.25, 0.3) is 0 Å². The molecule has 0 aliphatic carbocycles. The van der Waals surface area contributed by atoms with Gasteiger partial charge in [-0.3, -0.25) is 4.99 Å². The van der Waals surface area contributed by atoms with Crippen molar-refractivity contribution in [1.29, 1.82) is 0 Å². The summed E-state index contributed by atoms with van der Waals surface area (Å²) in [5.41, 5.74) is 10.3. The molecule has 0 spiro atoms. The van der Waals surface area contributed by atoms with Crippen molar-refractivity contribution >= 4 is 5.84 Å². The van der Waals surface area contributed by atoms with E-state index in [4.69, 9.17) is 11.5 Å². The molecule has 0 atom stereocenters. The fourth-order valence-electron chi connectivity index (χ4n) is 0.321. The summed E-state index contributed by atoms with van der Waals surface area (Å²) in [5, 5.41) is 0. The molecule has 3 nitrogen and oxygen atoms in total. The van der Waals surface area contributed by atoms with Gasteiger partial charge < -0.3 is 11.5 Å². The van der Waals surface area contributed by atoms with Crippen molar-refractivity contribution in [1.82, 2.24) is 0 Å². The van der Waals surface area contributed by atoms with E-state index in [1.165, 1.54) is 12.3 Å². The van der Waals surface area contributed by atoms with Crippen LogP contribution in [0.3, 0.4) is 0 Å². The van der Waals surface area contributed by atoms with Gasteiger partial charge in [0, 0.05) is 0 Å². The van der Waals surface area contributed by atoms with Crippen molar-refractivity contribution in [2.75, 3.05) is 6.54 Å². The Balaban J connectivity index is 3.68. The third kappa shape index (κ3) is 4.61. The lowest BCUT2D eigenvalue weighted by atomic mass is 10.5. The first-order valence-corrected chi connectivity index (χ1v) is 2.60. The van der Waals surface area contributed by atoms with Crippen molar-refractivity contribution in [3.63, 3.8) is 0 Å². The van der Waals surface area contributed by atoms with E-state index in [1.807, 2.05) is 0 Å². The van der Waals surface area contributed by atoms with Crippen LogP contribution in [0.2, 0.25) is 0 Å². The number of aliphatic imine (C=N–C) groups is 1. The highest BCUT2D eigenvalue weighted by Gasteiger charge is 1.77. The predicted octanol–water partition coefficient (Wildman–Crippen LogP) is 0.00200. The molecule has 9 heavy (non-hydrogen) atoms. The first kappa shape index (κ1) is 7.75. The first-order valence-electron chi connectivity index (χ1n) is 2.60. The van der Waals surface area contributed by atoms with Crippen LogP contribution >= 0.6 is 0 Å². The highest BCUT2D eigenvalue weighted by molar-refractivity contribution is 5.91. The topological polar surface area (TPSA) is 64.4 Å². The maximum absolute atomic E-state index is 5.31. The molecule has 0 aliphatic rings. The Morgan fingerprint density at radius 3 is 2.78 bits per heavy atom. The monoisotopic (exact) mass is 125 g/mol. The van der Waals surface area contributed by atoms with Gasteiger partial charge in [0.15, 0.2) is 0 Å². The van der Waals surface area contributed by atoms with Gasteiger partial charge in [-0.15, -0.1) is 6.58 Å². The lowest BCUT2D eigenvalue weighted by Gasteiger charge is -1.87. The first-order chi connectivity index (χ1) is 4.31. The van der Waals surface area contributed by atoms with E-state index < -0.39 is 0 Å². The van der Waals surface area contributed by atoms with Gasteiger partial charge in [0.2, 0.25) is 0 Å². The molecule has 0 amide bonds. The summed E-state index contributed by atoms with van der Waals surface area (Å²) in [6, 6.07) is 0. The van der Waals surface area contributed by atoms with Crippen LogP contribution in [0.5, 0.6) is 0 Å². The maximum Gasteiger partial charge on any atom is 0.119 e. The molecule has 0 rings (SSSR count). The zero-order chi connectivity index (χ0) is 7.11. The van der Waals surface area contributed by atoms with E-state index in [1.54, 1.807) is 6.08 Å². The second kappa shape index (κ2) is 4.90. The van der Waals surface area contributed by atoms with Gasteiger partial charge in [-0.1, -0.05) is 6.08 Å². The number of amidine groups is 1. The van der Waals surface area contributed by atoms with Gasteiger partial charge in [-0.05, 0) is 12.3 Å². The minimum atomic E-state index is 0.428. The summed E-state index contributed by atoms with van der Waals surface area (Å²) in [5.74, 6) is 0.428. The number of hydrogen-bond donors (Lipinski definition) is 2. The fourth-order valence-corrected chi connectivity index (χ4v) is 0.321. The van der Waals surface area contributed by atoms with Crippen LogP contribution in [0, 0.1) is 0 Å². The highest BCUT2D eigenvalue weighted by atomic mass is 14.8. The summed E-state index contributed by atoms with van der Waals surface area (Å²) in [6.07, 6.45) is 4.54. The molecule has 3 heteroatoms. The Bertz CT molecular complexity index is 135. The summed E-state index contributed by atoms with van der Waals surface area (Å²) in [7, 11) is 0. The molecule has 0 unspecified atom stereocenters. The Morgan fingerprint density at radius 2 is 2.33 bits per heavy atom. The minimum absolute atomic E-state index is 0.428. The molecule has 0 fully saturated rings. The molecule has 0 saturated heterocycles. The molecule has 0 aliphatic heterocycles. The highest BCUT2D eigenvalue weighted by Crippen LogP contribution is 1.73. The Kier molecular flexibility index (Phi) is 4.22. The van der Waals surface area contributed by atoms with E-state index in [9.17, 15) is 0 Å². The van der Waals surface area contributed by atoms with E-state index >= 15 is 0 Å². The van der Waals surface area contributed by atoms with Gasteiger partial charge in [-0.2, -0.15) is 0 Å². The van der Waals surface area contributed by atoms with Gasteiger partial charge in [-0.25, -0.2) is 0 Å². The van der Waals surface area contributed by atoms with E-state index in [0.717, 1.165) is 0 Å². The lowest BCUT2D eigenvalue weighted by molar-refractivity contribution is 1.24. The standard InChI is InChI=1S/C6H11N3/c1-2-5-9-6(8)3-4-7/h2-4H,1,5,7H2,(H2,8,9)/b4-3-. The number of nitrogens with two attached hydrogens (primary N) is 2. The Labute approximate surface area is 54.8 Å². The van der Waals surface area contributed by atoms with Crippen LogP contribution in [-0.4, -0.2) is 12.4 Å². The van der Waals surface area contributed by atoms with E-state index in [-0.39, 0.29) is 0 Å². The van der Waals surface area contributed by atoms with Crippen molar-refractivity contribution in [2.45, 2.75) is 0 Å². The quantitative estimate of drug-likeness (QED) is 0.317. The van der Waals surface area contributed by atoms with Crippen molar-refractivity contribution in [3.8, 4) is 0 Å². The van der Waals surface area contributed by atoms with Gasteiger partial charge in [0.1, 0.15) is 5.84 Å². The molecule has 50 valence electrons. The smallest absolute Gasteiger partial charge is 0.119 e. The van der Waals surface area contributed by atoms with Crippen molar-refractivity contribution in [3.05, 3.63) is 24.9 Å². The van der Waals surface area contributed by atoms with E-state index in [2.05, 4.69) is 11.6 Å². The summed E-state index contributed by atoms with van der Waals surface area (Å²) < 4.78 is 0. The SMILES string of the molecule is C=CC/N=C(N)\C=C/N. The maximum atomic E-state index is 5.31. The third-order valence-corrected chi connectivity index (χ3v) is 0.670. The second-order valence-corrected chi connectivity index (χ2v) is 1.41. The van der Waals surface area contributed by atoms with Crippen LogP contribution in [0.15, 0.2) is 29.9 Å². The summed E-state index contributed by atoms with van der Waals surface area (Å²) >= 11 is 0. The minimum Gasteiger partial charge on any atom is -0.404 e. The number of rotatable bonds is 3. The zero-order valence-corrected chi connectivity index (χ0v) is 5.25. The molecular formula is C6H11N3. The molecule has 0 bridgehead atoms. The number of nitrogens with zero attached hydrogens (tertiary/aromatic N) is 1. The van der Waals surface area contributed by atoms with Crippen molar-refractivity contribution < 1.29 is 0 Å². The molecule has 0 aromatic rings. The predicted molar refractivity (Wildman–Crippen MR) is 40.0 cm³/mol. The zero-order valence-electron chi connectivity index (χ0n) is 5.25. The van der Waals surface area contributed by atoms with Crippen molar-refractivity contribution in [2.24, 2.45) is 16.5 Å². The normalized spacial score (nSPS) is 12.2. The molecule has 0 aromatic heterocycles. The largest absolute Gasteiger partial charge is 0.404 e. The average Bonchev–Trinajstić information content (AvgIpc) is 1.85. The van der Waals surface area contributed by atoms with Gasteiger partial charge in [0.05, 0.1) is 6.54 Å². The molecular weight excluding hydrogens is 114 g/mol. The Morgan fingerprint density at radius 1 is 1.67 bits per heavy atom. The second-order valence-electron chi connectivity index (χ2n) is 1.41. The van der Waals surface area contributed by atoms with Crippen LogP contribution in [0.1, 0.15) is 0 Å². The molecule has 0 heterocycles. The summed E-state index contributed by atoms with van der Waals surface area (Å²) in [6.45, 7) is 4.01. The van der Waals surface area contributed by atoms with Crippen LogP contribution in [-0.2, 0) is 0 Å². The van der Waals surface area contributed by atoms with Crippen LogP contribution < -0.4 is 11.5 Å². The van der Waals surface area contributed by atoms with Crippen LogP contribution in [0.25, 0.3) is 0 Å². The molecule has 4 N–H and O–H groups in total. The molecule has 0 aromatic carbocycles. The fraction of sp³-hybridized carbons (Fsp3) is 0.167. The number of hydrogen-bond acceptors (Lipinski definition) is 2. The molecule has 0 saturated carbocycles. The Hall–Kier alpha value is -1.25. The third-order valence-electron chi connectivity index (χ3n) is 0.670. The van der Waals surface area contributed by atoms with E-state index in [0.29, 0.717) is 12.4 Å².